The van der Waals surface area contributed by atoms with E-state index in [0.717, 1.165) is 12.0 Å². The van der Waals surface area contributed by atoms with Gasteiger partial charge in [0.25, 0.3) is 5.91 Å². The largest absolute Gasteiger partial charge is 0.522 e. The van der Waals surface area contributed by atoms with Crippen LogP contribution in [0, 0.1) is 0 Å². The van der Waals surface area contributed by atoms with Crippen LogP contribution in [0.2, 0.25) is 5.02 Å². The summed E-state index contributed by atoms with van der Waals surface area (Å²) in [7, 11) is 0. The molecule has 176 valence electrons. The molecule has 1 aromatic heterocycles. The van der Waals surface area contributed by atoms with Crippen molar-refractivity contribution in [3.8, 4) is 5.75 Å². The Kier molecular flexibility index (Phi) is 4.56. The van der Waals surface area contributed by atoms with Gasteiger partial charge in [-0.15, -0.1) is 23.4 Å². The molecule has 7 rings (SSSR count). The topological polar surface area (TPSA) is 86.5 Å². The van der Waals surface area contributed by atoms with Gasteiger partial charge in [-0.1, -0.05) is 11.6 Å². The summed E-state index contributed by atoms with van der Waals surface area (Å²) < 4.78 is 52.6. The van der Waals surface area contributed by atoms with Crippen molar-refractivity contribution in [2.45, 2.75) is 80.4 Å². The molecule has 5 aliphatic rings. The van der Waals surface area contributed by atoms with E-state index in [2.05, 4.69) is 20.3 Å². The lowest BCUT2D eigenvalue weighted by molar-refractivity contribution is -0.352. The zero-order valence-electron chi connectivity index (χ0n) is 17.5. The molecule has 1 aliphatic heterocycles. The number of benzene rings is 1. The summed E-state index contributed by atoms with van der Waals surface area (Å²) >= 11 is 6.02. The summed E-state index contributed by atoms with van der Waals surface area (Å²) in [4.78, 5) is 12.8. The molecule has 1 atom stereocenters. The summed E-state index contributed by atoms with van der Waals surface area (Å²) in [6, 6.07) is 5.40. The van der Waals surface area contributed by atoms with Gasteiger partial charge in [0.05, 0.1) is 11.5 Å². The van der Waals surface area contributed by atoms with Gasteiger partial charge in [0.2, 0.25) is 11.8 Å². The van der Waals surface area contributed by atoms with E-state index in [0.29, 0.717) is 48.2 Å². The van der Waals surface area contributed by atoms with Gasteiger partial charge in [0, 0.05) is 16.5 Å². The van der Waals surface area contributed by atoms with Gasteiger partial charge >= 0.3 is 6.36 Å². The van der Waals surface area contributed by atoms with Crippen LogP contribution in [-0.2, 0) is 21.4 Å². The quantitative estimate of drug-likeness (QED) is 0.686. The predicted molar refractivity (Wildman–Crippen MR) is 108 cm³/mol. The van der Waals surface area contributed by atoms with Crippen LogP contribution >= 0.6 is 11.6 Å². The molecule has 1 N–H and O–H groups in total. The second kappa shape index (κ2) is 7.09. The molecule has 4 fully saturated rings. The summed E-state index contributed by atoms with van der Waals surface area (Å²) in [5, 5.41) is 12.0. The molecule has 4 aliphatic carbocycles. The number of hydrogen-bond acceptors (Lipinski definition) is 6. The molecule has 2 bridgehead atoms. The number of aryl methyl sites for hydroxylation is 1. The predicted octanol–water partition coefficient (Wildman–Crippen LogP) is 4.19. The number of amides is 1. The number of hydrogen-bond donors (Lipinski definition) is 1. The Hall–Kier alpha value is -2.33. The summed E-state index contributed by atoms with van der Waals surface area (Å²) in [5.74, 6) is 1.23. The molecule has 33 heavy (non-hydrogen) atoms. The first-order valence-electron chi connectivity index (χ1n) is 11.0. The highest BCUT2D eigenvalue weighted by atomic mass is 35.5. The van der Waals surface area contributed by atoms with E-state index >= 15 is 0 Å². The smallest absolute Gasteiger partial charge is 0.480 e. The Bertz CT molecular complexity index is 1090. The average molecular weight is 484 g/mol. The zero-order valence-corrected chi connectivity index (χ0v) is 18.2. The summed E-state index contributed by atoms with van der Waals surface area (Å²) in [6.45, 7) is 0. The van der Waals surface area contributed by atoms with E-state index in [1.807, 2.05) is 6.07 Å². The van der Waals surface area contributed by atoms with Crippen molar-refractivity contribution in [1.82, 2.24) is 15.5 Å². The normalized spacial score (nSPS) is 34.2. The monoisotopic (exact) mass is 483 g/mol. The number of aromatic nitrogens is 2. The number of rotatable bonds is 5. The molecule has 4 saturated carbocycles. The summed E-state index contributed by atoms with van der Waals surface area (Å²) in [5.41, 5.74) is 0.476. The maximum Gasteiger partial charge on any atom is 0.522 e. The number of carbonyl (C=O) groups is 1. The first kappa shape index (κ1) is 21.2. The van der Waals surface area contributed by atoms with Gasteiger partial charge in [-0.25, -0.2) is 0 Å². The Morgan fingerprint density at radius 3 is 2.70 bits per heavy atom. The van der Waals surface area contributed by atoms with Crippen LogP contribution in [0.25, 0.3) is 0 Å². The third-order valence-electron chi connectivity index (χ3n) is 7.32. The lowest BCUT2D eigenvalue weighted by Crippen LogP contribution is -2.77. The fourth-order valence-electron chi connectivity index (χ4n) is 5.70. The van der Waals surface area contributed by atoms with Gasteiger partial charge in [0.1, 0.15) is 5.75 Å². The van der Waals surface area contributed by atoms with Crippen molar-refractivity contribution in [3.63, 3.8) is 0 Å². The van der Waals surface area contributed by atoms with E-state index in [-0.39, 0.29) is 35.6 Å². The highest BCUT2D eigenvalue weighted by molar-refractivity contribution is 6.30. The molecular formula is C22H21ClF3N3O4. The lowest BCUT2D eigenvalue weighted by atomic mass is 9.39. The second-order valence-electron chi connectivity index (χ2n) is 9.78. The third-order valence-corrected chi connectivity index (χ3v) is 7.55. The van der Waals surface area contributed by atoms with Gasteiger partial charge < -0.3 is 14.5 Å². The maximum absolute atomic E-state index is 12.8. The first-order chi connectivity index (χ1) is 15.6. The fraction of sp³-hybridized carbons (Fsp3) is 0.591. The molecule has 0 saturated heterocycles. The molecule has 2 heterocycles. The minimum Gasteiger partial charge on any atom is -0.480 e. The Morgan fingerprint density at radius 2 is 1.97 bits per heavy atom. The van der Waals surface area contributed by atoms with Crippen molar-refractivity contribution in [2.75, 3.05) is 0 Å². The van der Waals surface area contributed by atoms with E-state index in [1.54, 1.807) is 12.1 Å². The van der Waals surface area contributed by atoms with Crippen LogP contribution in [0.1, 0.15) is 61.8 Å². The zero-order chi connectivity index (χ0) is 23.0. The molecule has 1 amide bonds. The Morgan fingerprint density at radius 1 is 1.21 bits per heavy atom. The third kappa shape index (κ3) is 3.67. The molecule has 1 aromatic carbocycles. The van der Waals surface area contributed by atoms with Crippen LogP contribution in [0.3, 0.4) is 0 Å². The number of carbonyl (C=O) groups excluding carboxylic acids is 1. The van der Waals surface area contributed by atoms with Gasteiger partial charge in [-0.2, -0.15) is 0 Å². The number of fused-ring (bicyclic) bond motifs is 1. The van der Waals surface area contributed by atoms with Gasteiger partial charge in [-0.3, -0.25) is 9.53 Å². The average Bonchev–Trinajstić information content (AvgIpc) is 3.13. The lowest BCUT2D eigenvalue weighted by Gasteiger charge is -2.68. The number of nitrogens with zero attached hydrogens (tertiary/aromatic N) is 2. The van der Waals surface area contributed by atoms with Crippen LogP contribution in [0.15, 0.2) is 22.6 Å². The van der Waals surface area contributed by atoms with E-state index in [4.69, 9.17) is 20.8 Å². The molecule has 2 aromatic rings. The Balaban J connectivity index is 1.02. The highest BCUT2D eigenvalue weighted by Crippen LogP contribution is 2.67. The molecule has 11 heteroatoms. The van der Waals surface area contributed by atoms with Gasteiger partial charge in [0.15, 0.2) is 6.10 Å². The summed E-state index contributed by atoms with van der Waals surface area (Å²) in [6.07, 6.45) is -2.16. The standard InChI is InChI=1S/C22H21ClF3N3O4/c23-13-2-4-15-11(5-13)1-3-16(31-15)17(30)27-21-8-20(9-21,10-21)19-29-28-18(32-19)12-6-14(7-12)33-22(24,25)26/h2,4-5,12,14,16H,1,3,6-10H2,(H,27,30)/t12?,14?,16-,20?,21?/m1/s1. The number of halogens is 4. The molecule has 0 radical (unpaired) electrons. The number of ether oxygens (including phenoxy) is 2. The minimum atomic E-state index is -4.63. The first-order valence-corrected chi connectivity index (χ1v) is 11.4. The molecular weight excluding hydrogens is 463 g/mol. The van der Waals surface area contributed by atoms with Crippen LogP contribution < -0.4 is 10.1 Å². The van der Waals surface area contributed by atoms with Crippen LogP contribution in [0.5, 0.6) is 5.75 Å². The SMILES string of the molecule is O=C(NC12CC(c3nnc(C4CC(OC(F)(F)F)C4)o3)(C1)C2)[C@H]1CCc2cc(Cl)ccc2O1. The second-order valence-corrected chi connectivity index (χ2v) is 10.2. The van der Waals surface area contributed by atoms with Crippen molar-refractivity contribution >= 4 is 17.5 Å². The minimum absolute atomic E-state index is 0.125. The number of nitrogens with one attached hydrogen (secondary N) is 1. The molecule has 0 unspecified atom stereocenters. The number of alkyl halides is 3. The highest BCUT2D eigenvalue weighted by Gasteiger charge is 2.72. The van der Waals surface area contributed by atoms with Crippen LogP contribution in [0.4, 0.5) is 13.2 Å². The Labute approximate surface area is 192 Å². The van der Waals surface area contributed by atoms with E-state index in [1.165, 1.54) is 0 Å². The van der Waals surface area contributed by atoms with Crippen molar-refractivity contribution in [2.24, 2.45) is 0 Å². The van der Waals surface area contributed by atoms with Gasteiger partial charge in [-0.05, 0) is 68.7 Å². The molecule has 7 nitrogen and oxygen atoms in total. The van der Waals surface area contributed by atoms with E-state index in [9.17, 15) is 18.0 Å². The maximum atomic E-state index is 12.8. The van der Waals surface area contributed by atoms with Crippen molar-refractivity contribution in [1.29, 1.82) is 0 Å². The van der Waals surface area contributed by atoms with Crippen molar-refractivity contribution in [3.05, 3.63) is 40.6 Å². The van der Waals surface area contributed by atoms with Crippen LogP contribution in [-0.4, -0.2) is 40.2 Å². The van der Waals surface area contributed by atoms with E-state index < -0.39 is 18.6 Å². The fourth-order valence-corrected chi connectivity index (χ4v) is 5.89. The van der Waals surface area contributed by atoms with Crippen molar-refractivity contribution < 1.29 is 31.9 Å². The molecule has 0 spiro atoms.